The highest BCUT2D eigenvalue weighted by Crippen LogP contribution is 2.07. The van der Waals surface area contributed by atoms with Crippen molar-refractivity contribution in [2.75, 3.05) is 0 Å². The highest BCUT2D eigenvalue weighted by atomic mass is 79.9. The zero-order chi connectivity index (χ0) is 9.97. The molecular weight excluding hydrogens is 242 g/mol. The van der Waals surface area contributed by atoms with Crippen molar-refractivity contribution in [1.82, 2.24) is 14.8 Å². The summed E-state index contributed by atoms with van der Waals surface area (Å²) in [6.07, 6.45) is 1.92. The largest absolute Gasteiger partial charge is 0.234 e. The second-order valence-corrected chi connectivity index (χ2v) is 3.58. The highest BCUT2D eigenvalue weighted by molar-refractivity contribution is 9.08. The predicted molar refractivity (Wildman–Crippen MR) is 58.7 cm³/mol. The molecule has 0 radical (unpaired) electrons. The zero-order valence-corrected chi connectivity index (χ0v) is 9.40. The van der Waals surface area contributed by atoms with E-state index in [9.17, 15) is 0 Å². The molecule has 0 unspecified atom stereocenters. The first kappa shape index (κ1) is 9.40. The summed E-state index contributed by atoms with van der Waals surface area (Å²) < 4.78 is 1.78. The van der Waals surface area contributed by atoms with E-state index in [0.717, 1.165) is 22.5 Å². The molecule has 0 N–H and O–H groups in total. The molecule has 14 heavy (non-hydrogen) atoms. The Kier molecular flexibility index (Phi) is 2.63. The molecule has 72 valence electrons. The maximum atomic E-state index is 4.38. The number of alkyl halides is 1. The Morgan fingerprint density at radius 1 is 1.36 bits per heavy atom. The van der Waals surface area contributed by atoms with Crippen LogP contribution in [-0.4, -0.2) is 14.8 Å². The third-order valence-electron chi connectivity index (χ3n) is 1.89. The van der Waals surface area contributed by atoms with Crippen molar-refractivity contribution in [1.29, 1.82) is 0 Å². The number of aromatic nitrogens is 3. The zero-order valence-electron chi connectivity index (χ0n) is 7.81. The van der Waals surface area contributed by atoms with Crippen LogP contribution in [0.15, 0.2) is 30.5 Å². The molecule has 2 rings (SSSR count). The summed E-state index contributed by atoms with van der Waals surface area (Å²) in [5, 5.41) is 5.12. The van der Waals surface area contributed by atoms with Crippen LogP contribution in [0.3, 0.4) is 0 Å². The third kappa shape index (κ3) is 1.85. The van der Waals surface area contributed by atoms with Crippen LogP contribution in [0.4, 0.5) is 0 Å². The van der Waals surface area contributed by atoms with Gasteiger partial charge in [0.2, 0.25) is 0 Å². The van der Waals surface area contributed by atoms with Crippen molar-refractivity contribution in [3.8, 4) is 5.82 Å². The molecule has 3 nitrogen and oxygen atoms in total. The average molecular weight is 252 g/mol. The fourth-order valence-electron chi connectivity index (χ4n) is 1.22. The van der Waals surface area contributed by atoms with Crippen LogP contribution in [-0.2, 0) is 5.33 Å². The number of rotatable bonds is 2. The molecule has 0 aliphatic heterocycles. The van der Waals surface area contributed by atoms with E-state index >= 15 is 0 Å². The Morgan fingerprint density at radius 2 is 2.21 bits per heavy atom. The van der Waals surface area contributed by atoms with Crippen LogP contribution in [0.2, 0.25) is 0 Å². The standard InChI is InChI=1S/C10H10BrN3/c1-8-3-2-4-10(12-8)14-6-5-9(7-11)13-14/h2-6H,7H2,1H3. The van der Waals surface area contributed by atoms with Crippen LogP contribution in [0.25, 0.3) is 5.82 Å². The molecule has 0 aliphatic rings. The van der Waals surface area contributed by atoms with Crippen LogP contribution >= 0.6 is 15.9 Å². The molecule has 0 amide bonds. The molecule has 0 fully saturated rings. The minimum absolute atomic E-state index is 0.770. The van der Waals surface area contributed by atoms with Crippen LogP contribution in [0, 0.1) is 6.92 Å². The summed E-state index contributed by atoms with van der Waals surface area (Å²) >= 11 is 3.36. The second kappa shape index (κ2) is 3.92. The van der Waals surface area contributed by atoms with E-state index in [1.807, 2.05) is 37.4 Å². The number of nitrogens with zero attached hydrogens (tertiary/aromatic N) is 3. The first-order valence-corrected chi connectivity index (χ1v) is 5.46. The SMILES string of the molecule is Cc1cccc(-n2ccc(CBr)n2)n1. The van der Waals surface area contributed by atoms with E-state index in [2.05, 4.69) is 26.0 Å². The van der Waals surface area contributed by atoms with E-state index in [4.69, 9.17) is 0 Å². The van der Waals surface area contributed by atoms with Crippen molar-refractivity contribution >= 4 is 15.9 Å². The number of hydrogen-bond donors (Lipinski definition) is 0. The van der Waals surface area contributed by atoms with E-state index in [-0.39, 0.29) is 0 Å². The molecule has 0 spiro atoms. The van der Waals surface area contributed by atoms with Gasteiger partial charge < -0.3 is 0 Å². The van der Waals surface area contributed by atoms with Crippen molar-refractivity contribution in [2.45, 2.75) is 12.3 Å². The summed E-state index contributed by atoms with van der Waals surface area (Å²) in [5.41, 5.74) is 2.01. The second-order valence-electron chi connectivity index (χ2n) is 3.02. The van der Waals surface area contributed by atoms with Crippen LogP contribution < -0.4 is 0 Å². The smallest absolute Gasteiger partial charge is 0.153 e. The maximum absolute atomic E-state index is 4.38. The number of halogens is 1. The Morgan fingerprint density at radius 3 is 2.86 bits per heavy atom. The van der Waals surface area contributed by atoms with Crippen molar-refractivity contribution in [3.63, 3.8) is 0 Å². The van der Waals surface area contributed by atoms with E-state index in [1.54, 1.807) is 4.68 Å². The van der Waals surface area contributed by atoms with E-state index < -0.39 is 0 Å². The Bertz CT molecular complexity index is 436. The quantitative estimate of drug-likeness (QED) is 0.768. The van der Waals surface area contributed by atoms with Crippen molar-refractivity contribution in [2.24, 2.45) is 0 Å². The summed E-state index contributed by atoms with van der Waals surface area (Å²) in [6, 6.07) is 7.86. The molecular formula is C10H10BrN3. The molecule has 0 atom stereocenters. The minimum atomic E-state index is 0.770. The molecule has 0 bridgehead atoms. The molecule has 2 heterocycles. The van der Waals surface area contributed by atoms with Gasteiger partial charge in [-0.2, -0.15) is 5.10 Å². The van der Waals surface area contributed by atoms with Gasteiger partial charge in [-0.25, -0.2) is 9.67 Å². The van der Waals surface area contributed by atoms with Gasteiger partial charge in [0, 0.05) is 17.2 Å². The van der Waals surface area contributed by atoms with Crippen LogP contribution in [0.1, 0.15) is 11.4 Å². The summed E-state index contributed by atoms with van der Waals surface area (Å²) in [4.78, 5) is 4.38. The van der Waals surface area contributed by atoms with Gasteiger partial charge in [0.15, 0.2) is 5.82 Å². The summed E-state index contributed by atoms with van der Waals surface area (Å²) in [5.74, 6) is 0.859. The average Bonchev–Trinajstić information content (AvgIpc) is 2.66. The van der Waals surface area contributed by atoms with Crippen molar-refractivity contribution in [3.05, 3.63) is 41.9 Å². The monoisotopic (exact) mass is 251 g/mol. The Labute approximate surface area is 90.9 Å². The summed E-state index contributed by atoms with van der Waals surface area (Å²) in [6.45, 7) is 1.97. The highest BCUT2D eigenvalue weighted by Gasteiger charge is 2.00. The minimum Gasteiger partial charge on any atom is -0.234 e. The lowest BCUT2D eigenvalue weighted by Gasteiger charge is -2.00. The number of aryl methyl sites for hydroxylation is 1. The first-order valence-electron chi connectivity index (χ1n) is 4.34. The van der Waals surface area contributed by atoms with Crippen LogP contribution in [0.5, 0.6) is 0 Å². The summed E-state index contributed by atoms with van der Waals surface area (Å²) in [7, 11) is 0. The van der Waals surface area contributed by atoms with Gasteiger partial charge in [0.05, 0.1) is 5.69 Å². The Hall–Kier alpha value is -1.16. The Balaban J connectivity index is 2.39. The molecule has 2 aromatic rings. The lowest BCUT2D eigenvalue weighted by atomic mass is 10.4. The number of pyridine rings is 1. The molecule has 0 saturated carbocycles. The van der Waals surface area contributed by atoms with Gasteiger partial charge in [0.25, 0.3) is 0 Å². The molecule has 0 saturated heterocycles. The van der Waals surface area contributed by atoms with Gasteiger partial charge in [-0.15, -0.1) is 0 Å². The maximum Gasteiger partial charge on any atom is 0.153 e. The van der Waals surface area contributed by atoms with E-state index in [1.165, 1.54) is 0 Å². The van der Waals surface area contributed by atoms with Gasteiger partial charge >= 0.3 is 0 Å². The fraction of sp³-hybridized carbons (Fsp3) is 0.200. The fourth-order valence-corrected chi connectivity index (χ4v) is 1.52. The first-order chi connectivity index (χ1) is 6.79. The van der Waals surface area contributed by atoms with Gasteiger partial charge in [0.1, 0.15) is 0 Å². The molecule has 4 heteroatoms. The number of hydrogen-bond acceptors (Lipinski definition) is 2. The topological polar surface area (TPSA) is 30.7 Å². The van der Waals surface area contributed by atoms with Gasteiger partial charge in [-0.05, 0) is 25.1 Å². The molecule has 0 aliphatic carbocycles. The van der Waals surface area contributed by atoms with Crippen molar-refractivity contribution < 1.29 is 0 Å². The lowest BCUT2D eigenvalue weighted by Crippen LogP contribution is -1.99. The molecule has 2 aromatic heterocycles. The van der Waals surface area contributed by atoms with E-state index in [0.29, 0.717) is 0 Å². The van der Waals surface area contributed by atoms with Gasteiger partial charge in [-0.3, -0.25) is 0 Å². The third-order valence-corrected chi connectivity index (χ3v) is 2.46. The lowest BCUT2D eigenvalue weighted by molar-refractivity contribution is 0.825. The van der Waals surface area contributed by atoms with Gasteiger partial charge in [-0.1, -0.05) is 22.0 Å². The molecule has 0 aromatic carbocycles. The normalized spacial score (nSPS) is 10.4. The predicted octanol–water partition coefficient (Wildman–Crippen LogP) is 2.47.